The predicted molar refractivity (Wildman–Crippen MR) is 82.6 cm³/mol. The fraction of sp³-hybridized carbons (Fsp3) is 1.00. The highest BCUT2D eigenvalue weighted by molar-refractivity contribution is 4.86. The number of hydrogen-bond donors (Lipinski definition) is 1. The van der Waals surface area contributed by atoms with E-state index in [0.717, 1.165) is 18.1 Å². The van der Waals surface area contributed by atoms with E-state index in [1.165, 1.54) is 64.8 Å². The highest BCUT2D eigenvalue weighted by Crippen LogP contribution is 2.20. The summed E-state index contributed by atoms with van der Waals surface area (Å²) in [5, 5.41) is 3.73. The molecule has 2 unspecified atom stereocenters. The Hall–Kier alpha value is -0.120. The van der Waals surface area contributed by atoms with E-state index in [2.05, 4.69) is 35.9 Å². The minimum atomic E-state index is 0.761. The molecule has 1 heterocycles. The summed E-state index contributed by atoms with van der Waals surface area (Å²) in [6.07, 6.45) is 6.74. The molecule has 0 aromatic heterocycles. The Morgan fingerprint density at radius 1 is 1.05 bits per heavy atom. The van der Waals surface area contributed by atoms with E-state index in [-0.39, 0.29) is 0 Å². The molecule has 0 radical (unpaired) electrons. The molecule has 112 valence electrons. The van der Waals surface area contributed by atoms with Gasteiger partial charge in [0, 0.05) is 50.8 Å². The van der Waals surface area contributed by atoms with E-state index in [9.17, 15) is 0 Å². The quantitative estimate of drug-likeness (QED) is 0.728. The summed E-state index contributed by atoms with van der Waals surface area (Å²) in [6, 6.07) is 2.38. The molecule has 0 amide bonds. The van der Waals surface area contributed by atoms with Crippen molar-refractivity contribution in [1.82, 2.24) is 15.1 Å². The van der Waals surface area contributed by atoms with Gasteiger partial charge in [0.05, 0.1) is 0 Å². The minimum Gasteiger partial charge on any atom is -0.312 e. The van der Waals surface area contributed by atoms with Gasteiger partial charge in [-0.25, -0.2) is 0 Å². The van der Waals surface area contributed by atoms with Crippen molar-refractivity contribution in [2.45, 2.75) is 71.0 Å². The Bertz CT molecular complexity index is 244. The number of piperazine rings is 1. The molecule has 2 rings (SSSR count). The third kappa shape index (κ3) is 4.73. The van der Waals surface area contributed by atoms with Crippen molar-refractivity contribution in [3.63, 3.8) is 0 Å². The molecule has 3 nitrogen and oxygen atoms in total. The first-order chi connectivity index (χ1) is 9.24. The first-order valence-electron chi connectivity index (χ1n) is 8.46. The molecule has 2 aliphatic rings. The third-order valence-corrected chi connectivity index (χ3v) is 4.92. The summed E-state index contributed by atoms with van der Waals surface area (Å²) >= 11 is 0. The standard InChI is InChI=1S/C16H33N3/c1-4-6-16(13-17-15-7-8-15)19-11-9-18(10-12-19)14(3)5-2/h14-17H,4-13H2,1-3H3. The zero-order valence-corrected chi connectivity index (χ0v) is 13.2. The Kier molecular flexibility index (Phi) is 6.11. The molecular weight excluding hydrogens is 234 g/mol. The Morgan fingerprint density at radius 2 is 1.68 bits per heavy atom. The summed E-state index contributed by atoms with van der Waals surface area (Å²) in [6.45, 7) is 13.3. The van der Waals surface area contributed by atoms with E-state index in [0.29, 0.717) is 0 Å². The molecule has 0 aromatic carbocycles. The van der Waals surface area contributed by atoms with Gasteiger partial charge in [-0.15, -0.1) is 0 Å². The van der Waals surface area contributed by atoms with Gasteiger partial charge in [-0.1, -0.05) is 20.3 Å². The molecule has 1 aliphatic carbocycles. The molecule has 3 heteroatoms. The highest BCUT2D eigenvalue weighted by Gasteiger charge is 2.27. The Labute approximate surface area is 119 Å². The topological polar surface area (TPSA) is 18.5 Å². The summed E-state index contributed by atoms with van der Waals surface area (Å²) in [7, 11) is 0. The first kappa shape index (κ1) is 15.3. The molecule has 2 fully saturated rings. The summed E-state index contributed by atoms with van der Waals surface area (Å²) < 4.78 is 0. The monoisotopic (exact) mass is 267 g/mol. The van der Waals surface area contributed by atoms with Crippen molar-refractivity contribution in [1.29, 1.82) is 0 Å². The van der Waals surface area contributed by atoms with E-state index in [4.69, 9.17) is 0 Å². The second-order valence-corrected chi connectivity index (χ2v) is 6.45. The van der Waals surface area contributed by atoms with Gasteiger partial charge in [-0.2, -0.15) is 0 Å². The average Bonchev–Trinajstić information content (AvgIpc) is 3.27. The van der Waals surface area contributed by atoms with Crippen LogP contribution in [0.2, 0.25) is 0 Å². The van der Waals surface area contributed by atoms with Crippen molar-refractivity contribution < 1.29 is 0 Å². The normalized spacial score (nSPS) is 25.4. The molecule has 0 aromatic rings. The smallest absolute Gasteiger partial charge is 0.0221 e. The van der Waals surface area contributed by atoms with Crippen molar-refractivity contribution in [3.05, 3.63) is 0 Å². The first-order valence-corrected chi connectivity index (χ1v) is 8.46. The van der Waals surface area contributed by atoms with Crippen LogP contribution in [0.15, 0.2) is 0 Å². The van der Waals surface area contributed by atoms with E-state index in [1.807, 2.05) is 0 Å². The number of hydrogen-bond acceptors (Lipinski definition) is 3. The van der Waals surface area contributed by atoms with Gasteiger partial charge < -0.3 is 5.32 Å². The molecule has 1 saturated carbocycles. The number of rotatable bonds is 8. The van der Waals surface area contributed by atoms with Crippen LogP contribution in [0.1, 0.15) is 52.9 Å². The van der Waals surface area contributed by atoms with Crippen LogP contribution in [0, 0.1) is 0 Å². The molecule has 19 heavy (non-hydrogen) atoms. The summed E-state index contributed by atoms with van der Waals surface area (Å²) in [5.41, 5.74) is 0. The van der Waals surface area contributed by atoms with Gasteiger partial charge in [-0.05, 0) is 32.6 Å². The lowest BCUT2D eigenvalue weighted by atomic mass is 10.1. The molecular formula is C16H33N3. The van der Waals surface area contributed by atoms with Crippen LogP contribution in [0.3, 0.4) is 0 Å². The lowest BCUT2D eigenvalue weighted by Gasteiger charge is -2.41. The van der Waals surface area contributed by atoms with Crippen molar-refractivity contribution in [2.24, 2.45) is 0 Å². The van der Waals surface area contributed by atoms with Crippen molar-refractivity contribution in [3.8, 4) is 0 Å². The van der Waals surface area contributed by atoms with Gasteiger partial charge in [0.25, 0.3) is 0 Å². The Morgan fingerprint density at radius 3 is 2.21 bits per heavy atom. The second-order valence-electron chi connectivity index (χ2n) is 6.45. The number of nitrogens with zero attached hydrogens (tertiary/aromatic N) is 2. The van der Waals surface area contributed by atoms with Gasteiger partial charge in [0.2, 0.25) is 0 Å². The van der Waals surface area contributed by atoms with Gasteiger partial charge in [0.1, 0.15) is 0 Å². The van der Waals surface area contributed by atoms with Crippen molar-refractivity contribution >= 4 is 0 Å². The van der Waals surface area contributed by atoms with Crippen LogP contribution < -0.4 is 5.32 Å². The minimum absolute atomic E-state index is 0.761. The van der Waals surface area contributed by atoms with E-state index in [1.54, 1.807) is 0 Å². The zero-order valence-electron chi connectivity index (χ0n) is 13.2. The maximum Gasteiger partial charge on any atom is 0.0221 e. The van der Waals surface area contributed by atoms with Crippen LogP contribution in [-0.2, 0) is 0 Å². The molecule has 1 aliphatic heterocycles. The molecule has 0 bridgehead atoms. The van der Waals surface area contributed by atoms with Crippen LogP contribution in [0.4, 0.5) is 0 Å². The molecule has 0 spiro atoms. The van der Waals surface area contributed by atoms with E-state index < -0.39 is 0 Å². The van der Waals surface area contributed by atoms with Crippen LogP contribution in [-0.4, -0.2) is 60.6 Å². The van der Waals surface area contributed by atoms with E-state index >= 15 is 0 Å². The zero-order chi connectivity index (χ0) is 13.7. The maximum atomic E-state index is 3.73. The molecule has 2 atom stereocenters. The second kappa shape index (κ2) is 7.61. The Balaban J connectivity index is 1.75. The van der Waals surface area contributed by atoms with Crippen molar-refractivity contribution in [2.75, 3.05) is 32.7 Å². The molecule has 1 N–H and O–H groups in total. The highest BCUT2D eigenvalue weighted by atomic mass is 15.3. The fourth-order valence-corrected chi connectivity index (χ4v) is 3.14. The summed E-state index contributed by atoms with van der Waals surface area (Å²) in [5.74, 6) is 0. The van der Waals surface area contributed by atoms with Crippen LogP contribution >= 0.6 is 0 Å². The number of nitrogens with one attached hydrogen (secondary N) is 1. The van der Waals surface area contributed by atoms with Gasteiger partial charge in [-0.3, -0.25) is 9.80 Å². The van der Waals surface area contributed by atoms with Crippen LogP contribution in [0.25, 0.3) is 0 Å². The largest absolute Gasteiger partial charge is 0.312 e. The average molecular weight is 267 g/mol. The SMILES string of the molecule is CCCC(CNC1CC1)N1CCN(C(C)CC)CC1. The van der Waals surface area contributed by atoms with Gasteiger partial charge >= 0.3 is 0 Å². The summed E-state index contributed by atoms with van der Waals surface area (Å²) in [4.78, 5) is 5.39. The lowest BCUT2D eigenvalue weighted by molar-refractivity contribution is 0.0688. The lowest BCUT2D eigenvalue weighted by Crippen LogP contribution is -2.54. The van der Waals surface area contributed by atoms with Crippen LogP contribution in [0.5, 0.6) is 0 Å². The third-order valence-electron chi connectivity index (χ3n) is 4.92. The molecule has 1 saturated heterocycles. The predicted octanol–water partition coefficient (Wildman–Crippen LogP) is 2.32. The van der Waals surface area contributed by atoms with Gasteiger partial charge in [0.15, 0.2) is 0 Å². The maximum absolute atomic E-state index is 3.73. The fourth-order valence-electron chi connectivity index (χ4n) is 3.14.